The summed E-state index contributed by atoms with van der Waals surface area (Å²) >= 11 is 6.24. The number of benzene rings is 2. The second-order valence-electron chi connectivity index (χ2n) is 4.46. The molecule has 0 aliphatic heterocycles. The predicted molar refractivity (Wildman–Crippen MR) is 79.2 cm³/mol. The van der Waals surface area contributed by atoms with Crippen molar-refractivity contribution in [3.05, 3.63) is 41.4 Å². The van der Waals surface area contributed by atoms with Crippen LogP contribution < -0.4 is 0 Å². The fraction of sp³-hybridized carbons (Fsp3) is 0.133. The molecule has 0 spiro atoms. The Kier molecular flexibility index (Phi) is 3.03. The molecular weight excluding hydrogens is 276 g/mol. The van der Waals surface area contributed by atoms with Crippen LogP contribution in [-0.2, 0) is 6.54 Å². The van der Waals surface area contributed by atoms with Crippen molar-refractivity contribution in [3.63, 3.8) is 0 Å². The molecule has 0 saturated carbocycles. The first-order valence-electron chi connectivity index (χ1n) is 6.29. The van der Waals surface area contributed by atoms with Crippen LogP contribution in [0.5, 0.6) is 11.5 Å². The zero-order valence-corrected chi connectivity index (χ0v) is 11.6. The lowest BCUT2D eigenvalue weighted by Gasteiger charge is -2.09. The van der Waals surface area contributed by atoms with E-state index in [0.29, 0.717) is 23.0 Å². The highest BCUT2D eigenvalue weighted by Crippen LogP contribution is 2.38. The molecule has 20 heavy (non-hydrogen) atoms. The second-order valence-corrected chi connectivity index (χ2v) is 4.87. The molecule has 5 heteroatoms. The molecule has 0 bridgehead atoms. The number of rotatable bonds is 2. The van der Waals surface area contributed by atoms with Gasteiger partial charge in [0.1, 0.15) is 5.82 Å². The van der Waals surface area contributed by atoms with E-state index in [9.17, 15) is 10.2 Å². The lowest BCUT2D eigenvalue weighted by Crippen LogP contribution is -1.98. The van der Waals surface area contributed by atoms with Gasteiger partial charge in [-0.15, -0.1) is 0 Å². The molecule has 1 aromatic heterocycles. The molecule has 0 aliphatic carbocycles. The van der Waals surface area contributed by atoms with Crippen molar-refractivity contribution in [2.24, 2.45) is 0 Å². The van der Waals surface area contributed by atoms with Crippen molar-refractivity contribution in [3.8, 4) is 22.9 Å². The number of imidazole rings is 1. The van der Waals surface area contributed by atoms with Gasteiger partial charge in [-0.1, -0.05) is 23.7 Å². The second kappa shape index (κ2) is 4.72. The summed E-state index contributed by atoms with van der Waals surface area (Å²) in [5.74, 6) is 0.251. The summed E-state index contributed by atoms with van der Waals surface area (Å²) in [6.07, 6.45) is 0. The maximum atomic E-state index is 10.0. The van der Waals surface area contributed by atoms with E-state index in [4.69, 9.17) is 11.6 Å². The monoisotopic (exact) mass is 288 g/mol. The third-order valence-electron chi connectivity index (χ3n) is 3.29. The number of nitrogens with zero attached hydrogens (tertiary/aromatic N) is 2. The summed E-state index contributed by atoms with van der Waals surface area (Å²) in [6.45, 7) is 2.64. The van der Waals surface area contributed by atoms with Crippen LogP contribution in [-0.4, -0.2) is 19.8 Å². The van der Waals surface area contributed by atoms with Crippen LogP contribution in [0.4, 0.5) is 0 Å². The zero-order chi connectivity index (χ0) is 14.3. The van der Waals surface area contributed by atoms with E-state index in [1.165, 1.54) is 6.07 Å². The van der Waals surface area contributed by atoms with E-state index in [1.807, 2.05) is 29.7 Å². The van der Waals surface area contributed by atoms with Crippen LogP contribution in [0.15, 0.2) is 36.4 Å². The topological polar surface area (TPSA) is 58.3 Å². The summed E-state index contributed by atoms with van der Waals surface area (Å²) in [5.41, 5.74) is 2.07. The molecule has 102 valence electrons. The maximum Gasteiger partial charge on any atom is 0.168 e. The SMILES string of the molecule is CCn1c(-c2cccc(O)c2O)nc2cccc(Cl)c21. The molecule has 0 radical (unpaired) electrons. The molecule has 4 nitrogen and oxygen atoms in total. The van der Waals surface area contributed by atoms with Gasteiger partial charge >= 0.3 is 0 Å². The number of phenolic OH excluding ortho intramolecular Hbond substituents is 2. The van der Waals surface area contributed by atoms with Crippen molar-refractivity contribution < 1.29 is 10.2 Å². The van der Waals surface area contributed by atoms with Gasteiger partial charge in [0.15, 0.2) is 11.5 Å². The number of fused-ring (bicyclic) bond motifs is 1. The number of phenols is 2. The molecule has 0 atom stereocenters. The van der Waals surface area contributed by atoms with Crippen molar-refractivity contribution in [1.29, 1.82) is 0 Å². The summed E-state index contributed by atoms with van der Waals surface area (Å²) in [5, 5.41) is 20.3. The van der Waals surface area contributed by atoms with Crippen molar-refractivity contribution >= 4 is 22.6 Å². The molecule has 2 aromatic carbocycles. The van der Waals surface area contributed by atoms with E-state index in [0.717, 1.165) is 11.0 Å². The molecule has 0 fully saturated rings. The standard InChI is InChI=1S/C15H13ClN2O2/c1-2-18-13-10(16)6-4-7-11(13)17-15(18)9-5-3-8-12(19)14(9)20/h3-8,19-20H,2H2,1H3. The van der Waals surface area contributed by atoms with Crippen LogP contribution in [0.2, 0.25) is 5.02 Å². The molecule has 3 rings (SSSR count). The number of halogens is 1. The smallest absolute Gasteiger partial charge is 0.168 e. The molecule has 0 saturated heterocycles. The van der Waals surface area contributed by atoms with Crippen LogP contribution in [0.25, 0.3) is 22.4 Å². The van der Waals surface area contributed by atoms with Crippen LogP contribution in [0.3, 0.4) is 0 Å². The molecule has 0 aliphatic rings. The predicted octanol–water partition coefficient (Wildman–Crippen LogP) is 3.79. The van der Waals surface area contributed by atoms with Crippen molar-refractivity contribution in [1.82, 2.24) is 9.55 Å². The van der Waals surface area contributed by atoms with Gasteiger partial charge in [-0.2, -0.15) is 0 Å². The highest BCUT2D eigenvalue weighted by molar-refractivity contribution is 6.35. The lowest BCUT2D eigenvalue weighted by molar-refractivity contribution is 0.405. The maximum absolute atomic E-state index is 10.0. The number of hydrogen-bond acceptors (Lipinski definition) is 3. The molecule has 0 amide bonds. The molecule has 1 heterocycles. The Balaban J connectivity index is 2.37. The van der Waals surface area contributed by atoms with Gasteiger partial charge in [-0.25, -0.2) is 4.98 Å². The highest BCUT2D eigenvalue weighted by Gasteiger charge is 2.17. The molecular formula is C15H13ClN2O2. The number of hydrogen-bond donors (Lipinski definition) is 2. The van der Waals surface area contributed by atoms with Gasteiger partial charge in [0, 0.05) is 6.54 Å². The summed E-state index contributed by atoms with van der Waals surface area (Å²) in [7, 11) is 0. The molecule has 0 unspecified atom stereocenters. The van der Waals surface area contributed by atoms with Crippen molar-refractivity contribution in [2.45, 2.75) is 13.5 Å². The summed E-state index contributed by atoms with van der Waals surface area (Å²) in [4.78, 5) is 4.52. The Morgan fingerprint density at radius 2 is 1.90 bits per heavy atom. The zero-order valence-electron chi connectivity index (χ0n) is 10.8. The largest absolute Gasteiger partial charge is 0.504 e. The van der Waals surface area contributed by atoms with Gasteiger partial charge in [-0.3, -0.25) is 0 Å². The fourth-order valence-corrected chi connectivity index (χ4v) is 2.64. The van der Waals surface area contributed by atoms with E-state index >= 15 is 0 Å². The van der Waals surface area contributed by atoms with E-state index in [1.54, 1.807) is 12.1 Å². The Morgan fingerprint density at radius 3 is 2.65 bits per heavy atom. The first kappa shape index (κ1) is 12.8. The minimum Gasteiger partial charge on any atom is -0.504 e. The number of para-hydroxylation sites is 2. The van der Waals surface area contributed by atoms with Gasteiger partial charge < -0.3 is 14.8 Å². The van der Waals surface area contributed by atoms with E-state index in [2.05, 4.69) is 4.98 Å². The van der Waals surface area contributed by atoms with Gasteiger partial charge in [0.25, 0.3) is 0 Å². The summed E-state index contributed by atoms with van der Waals surface area (Å²) in [6, 6.07) is 10.3. The lowest BCUT2D eigenvalue weighted by atomic mass is 10.1. The van der Waals surface area contributed by atoms with Gasteiger partial charge in [0.05, 0.1) is 21.6 Å². The number of aromatic nitrogens is 2. The average molecular weight is 289 g/mol. The third kappa shape index (κ3) is 1.80. The van der Waals surface area contributed by atoms with Crippen LogP contribution in [0.1, 0.15) is 6.92 Å². The average Bonchev–Trinajstić information content (AvgIpc) is 2.81. The van der Waals surface area contributed by atoms with Crippen LogP contribution >= 0.6 is 11.6 Å². The van der Waals surface area contributed by atoms with Gasteiger partial charge in [0.2, 0.25) is 0 Å². The van der Waals surface area contributed by atoms with E-state index in [-0.39, 0.29) is 11.5 Å². The van der Waals surface area contributed by atoms with E-state index < -0.39 is 0 Å². The quantitative estimate of drug-likeness (QED) is 0.705. The highest BCUT2D eigenvalue weighted by atomic mass is 35.5. The molecule has 3 aromatic rings. The Labute approximate surface area is 120 Å². The fourth-order valence-electron chi connectivity index (χ4n) is 2.37. The Bertz CT molecular complexity index is 796. The number of aromatic hydroxyl groups is 2. The number of aryl methyl sites for hydroxylation is 1. The Morgan fingerprint density at radius 1 is 1.15 bits per heavy atom. The van der Waals surface area contributed by atoms with Crippen molar-refractivity contribution in [2.75, 3.05) is 0 Å². The minimum atomic E-state index is -0.173. The van der Waals surface area contributed by atoms with Gasteiger partial charge in [-0.05, 0) is 31.2 Å². The first-order chi connectivity index (χ1) is 9.63. The van der Waals surface area contributed by atoms with Crippen LogP contribution in [0, 0.1) is 0 Å². The third-order valence-corrected chi connectivity index (χ3v) is 3.59. The molecule has 2 N–H and O–H groups in total. The minimum absolute atomic E-state index is 0.164. The normalized spacial score (nSPS) is 11.1. The first-order valence-corrected chi connectivity index (χ1v) is 6.67. The summed E-state index contributed by atoms with van der Waals surface area (Å²) < 4.78 is 1.92. The Hall–Kier alpha value is -2.20.